The fraction of sp³-hybridized carbons (Fsp3) is 0.474. The molecule has 1 aromatic carbocycles. The smallest absolute Gasteiger partial charge is 0.119 e. The summed E-state index contributed by atoms with van der Waals surface area (Å²) in [6, 6.07) is 6.83. The van der Waals surface area contributed by atoms with Crippen molar-refractivity contribution in [1.29, 1.82) is 0 Å². The van der Waals surface area contributed by atoms with Crippen LogP contribution in [0.2, 0.25) is 0 Å². The molecule has 1 aliphatic carbocycles. The number of hydrogen-bond donors (Lipinski definition) is 2. The van der Waals surface area contributed by atoms with Crippen molar-refractivity contribution in [3.63, 3.8) is 0 Å². The molecule has 2 unspecified atom stereocenters. The largest absolute Gasteiger partial charge is 1.00 e. The Morgan fingerprint density at radius 3 is 2.83 bits per heavy atom. The van der Waals surface area contributed by atoms with E-state index < -0.39 is 0 Å². The lowest BCUT2D eigenvalue weighted by Crippen LogP contribution is -3.00. The summed E-state index contributed by atoms with van der Waals surface area (Å²) in [6.45, 7) is 3.33. The van der Waals surface area contributed by atoms with E-state index in [2.05, 4.69) is 35.4 Å². The van der Waals surface area contributed by atoms with E-state index in [1.807, 2.05) is 6.07 Å². The summed E-state index contributed by atoms with van der Waals surface area (Å²) in [4.78, 5) is 3.69. The highest BCUT2D eigenvalue weighted by molar-refractivity contribution is 5.86. The summed E-state index contributed by atoms with van der Waals surface area (Å²) in [5.41, 5.74) is 5.69. The van der Waals surface area contributed by atoms with Crippen LogP contribution in [-0.4, -0.2) is 18.6 Å². The molecule has 2 atom stereocenters. The molecule has 1 aromatic heterocycles. The molecular weight excluding hydrogens is 308 g/mol. The molecule has 0 saturated heterocycles. The van der Waals surface area contributed by atoms with Crippen LogP contribution in [0.3, 0.4) is 0 Å². The van der Waals surface area contributed by atoms with E-state index in [0.717, 1.165) is 18.7 Å². The van der Waals surface area contributed by atoms with Crippen LogP contribution in [0.15, 0.2) is 29.8 Å². The monoisotopic (exact) mass is 331 g/mol. The highest BCUT2D eigenvalue weighted by atomic mass is 35.5. The zero-order valence-corrected chi connectivity index (χ0v) is 14.5. The van der Waals surface area contributed by atoms with Gasteiger partial charge in [-0.25, -0.2) is 0 Å². The van der Waals surface area contributed by atoms with Gasteiger partial charge in [-0.2, -0.15) is 0 Å². The van der Waals surface area contributed by atoms with E-state index in [4.69, 9.17) is 4.74 Å². The van der Waals surface area contributed by atoms with Gasteiger partial charge in [0.2, 0.25) is 0 Å². The van der Waals surface area contributed by atoms with Gasteiger partial charge in [-0.05, 0) is 68.8 Å². The Hall–Kier alpha value is -1.45. The molecule has 0 spiro atoms. The Kier molecular flexibility index (Phi) is 4.69. The third-order valence-corrected chi connectivity index (χ3v) is 5.35. The second kappa shape index (κ2) is 6.58. The number of rotatable bonds is 2. The van der Waals surface area contributed by atoms with Crippen molar-refractivity contribution < 1.29 is 17.1 Å². The number of nitrogens with one attached hydrogen (secondary N) is 2. The Morgan fingerprint density at radius 2 is 2.09 bits per heavy atom. The van der Waals surface area contributed by atoms with Crippen molar-refractivity contribution in [3.05, 3.63) is 41.1 Å². The van der Waals surface area contributed by atoms with Gasteiger partial charge in [0.1, 0.15) is 5.75 Å². The fourth-order valence-corrected chi connectivity index (χ4v) is 4.05. The maximum absolute atomic E-state index is 5.40. The zero-order valence-electron chi connectivity index (χ0n) is 13.8. The van der Waals surface area contributed by atoms with Crippen LogP contribution >= 0.6 is 0 Å². The van der Waals surface area contributed by atoms with Gasteiger partial charge in [-0.15, -0.1) is 0 Å². The predicted octanol–water partition coefficient (Wildman–Crippen LogP) is 1.11. The SMILES string of the molecule is COc1ccc2[nH]c3c(c2c1)CCNC3C1CC=C(C)CC1.[Cl-]. The van der Waals surface area contributed by atoms with E-state index in [1.54, 1.807) is 12.7 Å². The lowest BCUT2D eigenvalue weighted by atomic mass is 9.81. The lowest BCUT2D eigenvalue weighted by molar-refractivity contribution is -0.00000491. The first-order chi connectivity index (χ1) is 10.8. The molecule has 0 amide bonds. The van der Waals surface area contributed by atoms with Gasteiger partial charge in [0.05, 0.1) is 13.2 Å². The number of aromatic nitrogens is 1. The minimum Gasteiger partial charge on any atom is -1.00 e. The van der Waals surface area contributed by atoms with Crippen molar-refractivity contribution >= 4 is 10.9 Å². The number of H-pyrrole nitrogens is 1. The molecule has 0 saturated carbocycles. The third kappa shape index (κ3) is 2.88. The highest BCUT2D eigenvalue weighted by Gasteiger charge is 2.30. The minimum absolute atomic E-state index is 0. The number of benzene rings is 1. The molecule has 2 aliphatic rings. The highest BCUT2D eigenvalue weighted by Crippen LogP contribution is 2.39. The standard InChI is InChI=1S/C19H24N2O.ClH/c1-12-3-5-13(6-4-12)18-19-15(9-10-20-18)16-11-14(22-2)7-8-17(16)21-19;/h3,7-8,11,13,18,20-21H,4-6,9-10H2,1-2H3;1H/p-1. The number of fused-ring (bicyclic) bond motifs is 3. The zero-order chi connectivity index (χ0) is 15.1. The van der Waals surface area contributed by atoms with Gasteiger partial charge in [-0.1, -0.05) is 11.6 Å². The van der Waals surface area contributed by atoms with Crippen LogP contribution in [0.4, 0.5) is 0 Å². The predicted molar refractivity (Wildman–Crippen MR) is 90.4 cm³/mol. The number of hydrogen-bond acceptors (Lipinski definition) is 2. The molecule has 124 valence electrons. The second-order valence-corrected chi connectivity index (χ2v) is 6.70. The van der Waals surface area contributed by atoms with Crippen LogP contribution in [0, 0.1) is 5.92 Å². The molecular formula is C19H24ClN2O-. The van der Waals surface area contributed by atoms with E-state index in [0.29, 0.717) is 12.0 Å². The number of ether oxygens (including phenoxy) is 1. The molecule has 0 fully saturated rings. The Bertz CT molecular complexity index is 734. The van der Waals surface area contributed by atoms with Crippen LogP contribution in [0.5, 0.6) is 5.75 Å². The topological polar surface area (TPSA) is 37.0 Å². The lowest BCUT2D eigenvalue weighted by Gasteiger charge is -2.33. The van der Waals surface area contributed by atoms with Crippen LogP contribution in [0.1, 0.15) is 43.5 Å². The molecule has 2 N–H and O–H groups in total. The quantitative estimate of drug-likeness (QED) is 0.809. The van der Waals surface area contributed by atoms with Crippen LogP contribution < -0.4 is 22.5 Å². The Labute approximate surface area is 143 Å². The summed E-state index contributed by atoms with van der Waals surface area (Å²) in [6.07, 6.45) is 7.25. The maximum Gasteiger partial charge on any atom is 0.119 e. The Balaban J connectivity index is 0.00000156. The van der Waals surface area contributed by atoms with Crippen molar-refractivity contribution in [1.82, 2.24) is 10.3 Å². The van der Waals surface area contributed by atoms with Gasteiger partial charge in [0.15, 0.2) is 0 Å². The molecule has 0 radical (unpaired) electrons. The van der Waals surface area contributed by atoms with Crippen LogP contribution in [0.25, 0.3) is 10.9 Å². The molecule has 4 heteroatoms. The fourth-order valence-electron chi connectivity index (χ4n) is 4.05. The van der Waals surface area contributed by atoms with Crippen molar-refractivity contribution in [3.8, 4) is 5.75 Å². The summed E-state index contributed by atoms with van der Waals surface area (Å²) in [7, 11) is 1.74. The molecule has 2 heterocycles. The van der Waals surface area contributed by atoms with Gasteiger partial charge >= 0.3 is 0 Å². The van der Waals surface area contributed by atoms with Gasteiger partial charge in [0.25, 0.3) is 0 Å². The number of aromatic amines is 1. The number of methoxy groups -OCH3 is 1. The van der Waals surface area contributed by atoms with E-state index in [9.17, 15) is 0 Å². The summed E-state index contributed by atoms with van der Waals surface area (Å²) >= 11 is 0. The van der Waals surface area contributed by atoms with E-state index >= 15 is 0 Å². The molecule has 2 aromatic rings. The Morgan fingerprint density at radius 1 is 1.22 bits per heavy atom. The molecule has 1 aliphatic heterocycles. The number of halogens is 1. The van der Waals surface area contributed by atoms with Crippen molar-refractivity contribution in [2.75, 3.05) is 13.7 Å². The average molecular weight is 332 g/mol. The van der Waals surface area contributed by atoms with Crippen molar-refractivity contribution in [2.24, 2.45) is 5.92 Å². The molecule has 23 heavy (non-hydrogen) atoms. The maximum atomic E-state index is 5.40. The van der Waals surface area contributed by atoms with Gasteiger partial charge in [-0.3, -0.25) is 0 Å². The first-order valence-electron chi connectivity index (χ1n) is 8.34. The van der Waals surface area contributed by atoms with E-state index in [-0.39, 0.29) is 12.4 Å². The van der Waals surface area contributed by atoms with E-state index in [1.165, 1.54) is 41.4 Å². The third-order valence-electron chi connectivity index (χ3n) is 5.35. The normalized spacial score (nSPS) is 23.8. The van der Waals surface area contributed by atoms with Crippen LogP contribution in [-0.2, 0) is 6.42 Å². The summed E-state index contributed by atoms with van der Waals surface area (Å²) in [5, 5.41) is 5.09. The average Bonchev–Trinajstić information content (AvgIpc) is 2.93. The molecule has 4 rings (SSSR count). The minimum atomic E-state index is 0. The number of allylic oxidation sites excluding steroid dienone is 2. The summed E-state index contributed by atoms with van der Waals surface area (Å²) in [5.74, 6) is 1.65. The van der Waals surface area contributed by atoms with Crippen molar-refractivity contribution in [2.45, 2.75) is 38.6 Å². The molecule has 0 bridgehead atoms. The first kappa shape index (κ1) is 16.4. The molecule has 3 nitrogen and oxygen atoms in total. The van der Waals surface area contributed by atoms with Gasteiger partial charge in [0, 0.05) is 16.6 Å². The van der Waals surface area contributed by atoms with Gasteiger partial charge < -0.3 is 27.4 Å². The summed E-state index contributed by atoms with van der Waals surface area (Å²) < 4.78 is 5.40. The second-order valence-electron chi connectivity index (χ2n) is 6.70. The first-order valence-corrected chi connectivity index (χ1v) is 8.34.